The molecule has 0 aromatic carbocycles. The highest BCUT2D eigenvalue weighted by molar-refractivity contribution is 7.80. The van der Waals surface area contributed by atoms with Gasteiger partial charge in [0.2, 0.25) is 0 Å². The van der Waals surface area contributed by atoms with Crippen molar-refractivity contribution in [3.8, 4) is 0 Å². The van der Waals surface area contributed by atoms with E-state index in [1.165, 1.54) is 37.7 Å². The number of hydrogen-bond donors (Lipinski definition) is 1. The Morgan fingerprint density at radius 2 is 1.90 bits per heavy atom. The SMILES string of the molecule is NC(=S)C=C1CCCCC1. The highest BCUT2D eigenvalue weighted by Gasteiger charge is 2.04. The number of hydrogen-bond acceptors (Lipinski definition) is 1. The van der Waals surface area contributed by atoms with Crippen molar-refractivity contribution < 1.29 is 0 Å². The Morgan fingerprint density at radius 3 is 2.40 bits per heavy atom. The van der Waals surface area contributed by atoms with Gasteiger partial charge in [0.15, 0.2) is 0 Å². The number of thiocarbonyl (C=S) groups is 1. The standard InChI is InChI=1S/C8H13NS/c9-8(10)6-7-4-2-1-3-5-7/h6H,1-5H2,(H2,9,10). The van der Waals surface area contributed by atoms with Crippen LogP contribution in [0.25, 0.3) is 0 Å². The summed E-state index contributed by atoms with van der Waals surface area (Å²) in [5.74, 6) is 0. The van der Waals surface area contributed by atoms with Gasteiger partial charge in [-0.25, -0.2) is 0 Å². The molecule has 0 unspecified atom stereocenters. The Balaban J connectivity index is 2.45. The first-order chi connectivity index (χ1) is 4.79. The monoisotopic (exact) mass is 155 g/mol. The van der Waals surface area contributed by atoms with Crippen LogP contribution in [0.2, 0.25) is 0 Å². The molecule has 0 aliphatic heterocycles. The summed E-state index contributed by atoms with van der Waals surface area (Å²) in [5.41, 5.74) is 6.82. The Kier molecular flexibility index (Phi) is 2.87. The van der Waals surface area contributed by atoms with Gasteiger partial charge in [0, 0.05) is 0 Å². The maximum Gasteiger partial charge on any atom is 0.0961 e. The molecule has 0 aromatic rings. The zero-order valence-electron chi connectivity index (χ0n) is 6.10. The third-order valence-electron chi connectivity index (χ3n) is 1.84. The van der Waals surface area contributed by atoms with Crippen molar-refractivity contribution in [2.24, 2.45) is 5.73 Å². The normalized spacial score (nSPS) is 18.6. The van der Waals surface area contributed by atoms with Gasteiger partial charge in [-0.1, -0.05) is 24.2 Å². The summed E-state index contributed by atoms with van der Waals surface area (Å²) < 4.78 is 0. The maximum absolute atomic E-state index is 5.38. The lowest BCUT2D eigenvalue weighted by Crippen LogP contribution is -2.05. The lowest BCUT2D eigenvalue weighted by Gasteiger charge is -2.12. The van der Waals surface area contributed by atoms with Crippen LogP contribution < -0.4 is 5.73 Å². The predicted molar refractivity (Wildman–Crippen MR) is 48.0 cm³/mol. The molecule has 1 nitrogen and oxygen atoms in total. The molecule has 0 spiro atoms. The molecule has 0 bridgehead atoms. The molecule has 1 aliphatic carbocycles. The highest BCUT2D eigenvalue weighted by Crippen LogP contribution is 2.22. The fraction of sp³-hybridized carbons (Fsp3) is 0.625. The van der Waals surface area contributed by atoms with Gasteiger partial charge in [0.05, 0.1) is 4.99 Å². The molecule has 2 N–H and O–H groups in total. The minimum Gasteiger partial charge on any atom is -0.390 e. The summed E-state index contributed by atoms with van der Waals surface area (Å²) >= 11 is 4.78. The van der Waals surface area contributed by atoms with E-state index < -0.39 is 0 Å². The van der Waals surface area contributed by atoms with Crippen LogP contribution in [-0.4, -0.2) is 4.99 Å². The van der Waals surface area contributed by atoms with E-state index in [1.807, 2.05) is 6.08 Å². The van der Waals surface area contributed by atoms with Gasteiger partial charge in [-0.05, 0) is 31.8 Å². The van der Waals surface area contributed by atoms with Crippen molar-refractivity contribution in [1.82, 2.24) is 0 Å². The topological polar surface area (TPSA) is 26.0 Å². The molecule has 0 atom stereocenters. The second-order valence-electron chi connectivity index (χ2n) is 2.77. The highest BCUT2D eigenvalue weighted by atomic mass is 32.1. The molecule has 2 heteroatoms. The molecule has 10 heavy (non-hydrogen) atoms. The zero-order chi connectivity index (χ0) is 7.40. The Bertz CT molecular complexity index is 153. The van der Waals surface area contributed by atoms with Crippen molar-refractivity contribution in [3.05, 3.63) is 11.6 Å². The van der Waals surface area contributed by atoms with Gasteiger partial charge in [0.25, 0.3) is 0 Å². The summed E-state index contributed by atoms with van der Waals surface area (Å²) in [6, 6.07) is 0. The van der Waals surface area contributed by atoms with Crippen molar-refractivity contribution >= 4 is 17.2 Å². The maximum atomic E-state index is 5.38. The fourth-order valence-corrected chi connectivity index (χ4v) is 1.52. The number of nitrogens with two attached hydrogens (primary N) is 1. The van der Waals surface area contributed by atoms with Crippen LogP contribution in [0.4, 0.5) is 0 Å². The number of allylic oxidation sites excluding steroid dienone is 1. The van der Waals surface area contributed by atoms with E-state index in [-0.39, 0.29) is 0 Å². The summed E-state index contributed by atoms with van der Waals surface area (Å²) in [4.78, 5) is 0.539. The van der Waals surface area contributed by atoms with Crippen LogP contribution in [0.5, 0.6) is 0 Å². The van der Waals surface area contributed by atoms with Gasteiger partial charge in [-0.3, -0.25) is 0 Å². The minimum absolute atomic E-state index is 0.539. The molecular formula is C8H13NS. The first-order valence-corrected chi connectivity index (χ1v) is 4.19. The molecule has 56 valence electrons. The van der Waals surface area contributed by atoms with E-state index in [1.54, 1.807) is 0 Å². The van der Waals surface area contributed by atoms with Gasteiger partial charge in [-0.15, -0.1) is 0 Å². The summed E-state index contributed by atoms with van der Waals surface area (Å²) in [5, 5.41) is 0. The quantitative estimate of drug-likeness (QED) is 0.464. The molecule has 1 aliphatic rings. The second-order valence-corrected chi connectivity index (χ2v) is 3.24. The smallest absolute Gasteiger partial charge is 0.0961 e. The van der Waals surface area contributed by atoms with Crippen LogP contribution in [0.15, 0.2) is 11.6 Å². The van der Waals surface area contributed by atoms with Crippen LogP contribution in [-0.2, 0) is 0 Å². The third kappa shape index (κ3) is 2.48. The minimum atomic E-state index is 0.539. The van der Waals surface area contributed by atoms with Crippen LogP contribution in [0, 0.1) is 0 Å². The van der Waals surface area contributed by atoms with E-state index in [0.29, 0.717) is 4.99 Å². The Morgan fingerprint density at radius 1 is 1.30 bits per heavy atom. The van der Waals surface area contributed by atoms with Crippen molar-refractivity contribution in [1.29, 1.82) is 0 Å². The van der Waals surface area contributed by atoms with Gasteiger partial charge in [0.1, 0.15) is 0 Å². The molecule has 0 saturated heterocycles. The third-order valence-corrected chi connectivity index (χ3v) is 1.96. The van der Waals surface area contributed by atoms with E-state index in [4.69, 9.17) is 18.0 Å². The van der Waals surface area contributed by atoms with Crippen molar-refractivity contribution in [2.45, 2.75) is 32.1 Å². The van der Waals surface area contributed by atoms with Crippen molar-refractivity contribution in [2.75, 3.05) is 0 Å². The molecule has 0 amide bonds. The first kappa shape index (κ1) is 7.73. The van der Waals surface area contributed by atoms with E-state index >= 15 is 0 Å². The largest absolute Gasteiger partial charge is 0.390 e. The van der Waals surface area contributed by atoms with E-state index in [0.717, 1.165) is 0 Å². The van der Waals surface area contributed by atoms with E-state index in [9.17, 15) is 0 Å². The second kappa shape index (κ2) is 3.71. The molecule has 1 rings (SSSR count). The fourth-order valence-electron chi connectivity index (χ4n) is 1.35. The molecular weight excluding hydrogens is 142 g/mol. The molecule has 1 saturated carbocycles. The average molecular weight is 155 g/mol. The van der Waals surface area contributed by atoms with Crippen LogP contribution in [0.1, 0.15) is 32.1 Å². The average Bonchev–Trinajstić information content (AvgIpc) is 1.88. The predicted octanol–water partition coefficient (Wildman–Crippen LogP) is 2.16. The van der Waals surface area contributed by atoms with Crippen LogP contribution >= 0.6 is 12.2 Å². The summed E-state index contributed by atoms with van der Waals surface area (Å²) in [6.45, 7) is 0. The van der Waals surface area contributed by atoms with E-state index in [2.05, 4.69) is 0 Å². The van der Waals surface area contributed by atoms with Gasteiger partial charge < -0.3 is 5.73 Å². The molecule has 0 radical (unpaired) electrons. The summed E-state index contributed by atoms with van der Waals surface area (Å²) in [6.07, 6.45) is 8.36. The van der Waals surface area contributed by atoms with Crippen molar-refractivity contribution in [3.63, 3.8) is 0 Å². The molecule has 1 fully saturated rings. The lowest BCUT2D eigenvalue weighted by atomic mass is 9.95. The van der Waals surface area contributed by atoms with Gasteiger partial charge in [-0.2, -0.15) is 0 Å². The van der Waals surface area contributed by atoms with Gasteiger partial charge >= 0.3 is 0 Å². The molecule has 0 heterocycles. The summed E-state index contributed by atoms with van der Waals surface area (Å²) in [7, 11) is 0. The Labute approximate surface area is 67.3 Å². The number of rotatable bonds is 1. The first-order valence-electron chi connectivity index (χ1n) is 3.78. The lowest BCUT2D eigenvalue weighted by molar-refractivity contribution is 0.600. The Hall–Kier alpha value is -0.370. The zero-order valence-corrected chi connectivity index (χ0v) is 6.91. The molecule has 0 aromatic heterocycles. The van der Waals surface area contributed by atoms with Crippen LogP contribution in [0.3, 0.4) is 0 Å².